The summed E-state index contributed by atoms with van der Waals surface area (Å²) in [7, 11) is 1.83. The van der Waals surface area contributed by atoms with E-state index < -0.39 is 11.7 Å². The molecule has 0 aliphatic heterocycles. The first kappa shape index (κ1) is 15.8. The van der Waals surface area contributed by atoms with Crippen LogP contribution in [0.2, 0.25) is 0 Å². The average molecular weight is 350 g/mol. The molecular weight excluding hydrogens is 331 g/mol. The molecule has 0 amide bonds. The molecule has 0 aromatic heterocycles. The van der Waals surface area contributed by atoms with E-state index in [9.17, 15) is 13.2 Å². The zero-order valence-electron chi connectivity index (χ0n) is 11.4. The summed E-state index contributed by atoms with van der Waals surface area (Å²) in [6.07, 6.45) is 1.43. The third-order valence-electron chi connectivity index (χ3n) is 4.09. The summed E-state index contributed by atoms with van der Waals surface area (Å²) in [5, 5.41) is 3.21. The van der Waals surface area contributed by atoms with E-state index in [0.717, 1.165) is 23.4 Å². The smallest absolute Gasteiger partial charge is 0.313 e. The van der Waals surface area contributed by atoms with Gasteiger partial charge in [-0.15, -0.1) is 0 Å². The first-order valence-corrected chi connectivity index (χ1v) is 7.76. The molecule has 1 fully saturated rings. The van der Waals surface area contributed by atoms with Gasteiger partial charge in [0.15, 0.2) is 0 Å². The second-order valence-corrected chi connectivity index (χ2v) is 6.25. The number of rotatable bonds is 3. The molecule has 0 saturated heterocycles. The molecule has 2 rings (SSSR count). The van der Waals surface area contributed by atoms with Crippen LogP contribution in [-0.2, 0) is 6.18 Å². The molecule has 0 heterocycles. The van der Waals surface area contributed by atoms with Crippen LogP contribution in [-0.4, -0.2) is 7.05 Å². The lowest BCUT2D eigenvalue weighted by atomic mass is 9.81. The molecule has 1 aliphatic rings. The minimum atomic E-state index is -4.29. The monoisotopic (exact) mass is 349 g/mol. The predicted octanol–water partition coefficient (Wildman–Crippen LogP) is 5.31. The number of benzene rings is 1. The molecule has 1 nitrogen and oxygen atoms in total. The normalized spacial score (nSPS) is 19.1. The second kappa shape index (κ2) is 6.48. The molecule has 1 unspecified atom stereocenters. The Morgan fingerprint density at radius 1 is 1.20 bits per heavy atom. The van der Waals surface area contributed by atoms with Crippen molar-refractivity contribution in [3.63, 3.8) is 0 Å². The lowest BCUT2D eigenvalue weighted by Crippen LogP contribution is -2.27. The molecule has 1 saturated carbocycles. The Hall–Kier alpha value is -0.550. The standard InChI is InChI=1S/C15H19BrF3N/c1-20-14(10-5-3-2-4-6-10)12-9-11(15(17,18)19)7-8-13(12)16/h7-10,14,20H,2-6H2,1H3. The van der Waals surface area contributed by atoms with Crippen molar-refractivity contribution >= 4 is 15.9 Å². The number of hydrogen-bond acceptors (Lipinski definition) is 1. The Bertz CT molecular complexity index is 453. The molecule has 0 bridgehead atoms. The molecule has 1 aromatic carbocycles. The minimum absolute atomic E-state index is 0.0213. The number of hydrogen-bond donors (Lipinski definition) is 1. The quantitative estimate of drug-likeness (QED) is 0.779. The molecule has 1 atom stereocenters. The predicted molar refractivity (Wildman–Crippen MR) is 77.5 cm³/mol. The Labute approximate surface area is 126 Å². The second-order valence-electron chi connectivity index (χ2n) is 5.40. The molecule has 1 aliphatic carbocycles. The van der Waals surface area contributed by atoms with Gasteiger partial charge in [-0.1, -0.05) is 35.2 Å². The fourth-order valence-corrected chi connectivity index (χ4v) is 3.56. The highest BCUT2D eigenvalue weighted by Gasteiger charge is 2.33. The van der Waals surface area contributed by atoms with Crippen molar-refractivity contribution in [2.75, 3.05) is 7.05 Å². The van der Waals surface area contributed by atoms with E-state index in [1.807, 2.05) is 7.05 Å². The van der Waals surface area contributed by atoms with Gasteiger partial charge in [-0.3, -0.25) is 0 Å². The third kappa shape index (κ3) is 3.55. The maximum atomic E-state index is 12.9. The molecular formula is C15H19BrF3N. The van der Waals surface area contributed by atoms with Crippen LogP contribution in [0.25, 0.3) is 0 Å². The van der Waals surface area contributed by atoms with Gasteiger partial charge < -0.3 is 5.32 Å². The fourth-order valence-electron chi connectivity index (χ4n) is 3.07. The molecule has 1 N–H and O–H groups in total. The lowest BCUT2D eigenvalue weighted by molar-refractivity contribution is -0.137. The maximum absolute atomic E-state index is 12.9. The van der Waals surface area contributed by atoms with E-state index >= 15 is 0 Å². The fraction of sp³-hybridized carbons (Fsp3) is 0.600. The number of halogens is 4. The van der Waals surface area contributed by atoms with E-state index in [4.69, 9.17) is 0 Å². The largest absolute Gasteiger partial charge is 0.416 e. The molecule has 112 valence electrons. The highest BCUT2D eigenvalue weighted by Crippen LogP contribution is 2.39. The van der Waals surface area contributed by atoms with E-state index in [1.165, 1.54) is 31.4 Å². The molecule has 0 radical (unpaired) electrons. The van der Waals surface area contributed by atoms with Crippen LogP contribution in [0.3, 0.4) is 0 Å². The molecule has 20 heavy (non-hydrogen) atoms. The summed E-state index contributed by atoms with van der Waals surface area (Å²) in [5.74, 6) is 0.411. The Kier molecular flexibility index (Phi) is 5.13. The van der Waals surface area contributed by atoms with Crippen LogP contribution >= 0.6 is 15.9 Å². The summed E-state index contributed by atoms with van der Waals surface area (Å²) < 4.78 is 39.4. The maximum Gasteiger partial charge on any atom is 0.416 e. The van der Waals surface area contributed by atoms with Crippen LogP contribution in [0.15, 0.2) is 22.7 Å². The van der Waals surface area contributed by atoms with Crippen molar-refractivity contribution < 1.29 is 13.2 Å². The van der Waals surface area contributed by atoms with E-state index in [0.29, 0.717) is 11.5 Å². The Morgan fingerprint density at radius 3 is 2.40 bits per heavy atom. The summed E-state index contributed by atoms with van der Waals surface area (Å²) >= 11 is 3.40. The third-order valence-corrected chi connectivity index (χ3v) is 4.81. The summed E-state index contributed by atoms with van der Waals surface area (Å²) in [4.78, 5) is 0. The van der Waals surface area contributed by atoms with Gasteiger partial charge in [-0.05, 0) is 49.6 Å². The van der Waals surface area contributed by atoms with Gasteiger partial charge in [0.2, 0.25) is 0 Å². The lowest BCUT2D eigenvalue weighted by Gasteiger charge is -2.31. The summed E-state index contributed by atoms with van der Waals surface area (Å²) in [6.45, 7) is 0. The van der Waals surface area contributed by atoms with Crippen molar-refractivity contribution in [1.29, 1.82) is 0 Å². The summed E-state index contributed by atoms with van der Waals surface area (Å²) in [6, 6.07) is 3.89. The SMILES string of the molecule is CNC(c1cc(C(F)(F)F)ccc1Br)C1CCCCC1. The van der Waals surface area contributed by atoms with E-state index in [2.05, 4.69) is 21.2 Å². The topological polar surface area (TPSA) is 12.0 Å². The van der Waals surface area contributed by atoms with Gasteiger partial charge in [0.05, 0.1) is 5.56 Å². The van der Waals surface area contributed by atoms with Crippen LogP contribution < -0.4 is 5.32 Å². The van der Waals surface area contributed by atoms with Gasteiger partial charge in [0.1, 0.15) is 0 Å². The van der Waals surface area contributed by atoms with Crippen LogP contribution in [0.1, 0.15) is 49.3 Å². The molecule has 0 spiro atoms. The van der Waals surface area contributed by atoms with Crippen LogP contribution in [0.5, 0.6) is 0 Å². The average Bonchev–Trinajstić information content (AvgIpc) is 2.41. The van der Waals surface area contributed by atoms with Gasteiger partial charge >= 0.3 is 6.18 Å². The highest BCUT2D eigenvalue weighted by atomic mass is 79.9. The van der Waals surface area contributed by atoms with Gasteiger partial charge in [0.25, 0.3) is 0 Å². The summed E-state index contributed by atoms with van der Waals surface area (Å²) in [5.41, 5.74) is 0.140. The van der Waals surface area contributed by atoms with Crippen LogP contribution in [0, 0.1) is 5.92 Å². The zero-order valence-corrected chi connectivity index (χ0v) is 13.0. The highest BCUT2D eigenvalue weighted by molar-refractivity contribution is 9.10. The van der Waals surface area contributed by atoms with Crippen molar-refractivity contribution in [3.8, 4) is 0 Å². The zero-order chi connectivity index (χ0) is 14.8. The molecule has 5 heteroatoms. The number of nitrogens with one attached hydrogen (secondary N) is 1. The van der Waals surface area contributed by atoms with Gasteiger partial charge in [0, 0.05) is 10.5 Å². The number of alkyl halides is 3. The molecule has 1 aromatic rings. The van der Waals surface area contributed by atoms with Crippen LogP contribution in [0.4, 0.5) is 13.2 Å². The van der Waals surface area contributed by atoms with Gasteiger partial charge in [-0.25, -0.2) is 0 Å². The van der Waals surface area contributed by atoms with Crippen molar-refractivity contribution in [1.82, 2.24) is 5.32 Å². The van der Waals surface area contributed by atoms with Crippen molar-refractivity contribution in [2.45, 2.75) is 44.3 Å². The Morgan fingerprint density at radius 2 is 1.85 bits per heavy atom. The first-order chi connectivity index (χ1) is 9.43. The Balaban J connectivity index is 2.32. The van der Waals surface area contributed by atoms with Crippen molar-refractivity contribution in [3.05, 3.63) is 33.8 Å². The minimum Gasteiger partial charge on any atom is -0.313 e. The van der Waals surface area contributed by atoms with E-state index in [-0.39, 0.29) is 6.04 Å². The van der Waals surface area contributed by atoms with Crippen molar-refractivity contribution in [2.24, 2.45) is 5.92 Å². The van der Waals surface area contributed by atoms with E-state index in [1.54, 1.807) is 0 Å². The first-order valence-electron chi connectivity index (χ1n) is 6.97. The van der Waals surface area contributed by atoms with Gasteiger partial charge in [-0.2, -0.15) is 13.2 Å².